The van der Waals surface area contributed by atoms with Crippen molar-refractivity contribution in [3.8, 4) is 0 Å². The Hall–Kier alpha value is -1.10. The molecule has 2 fully saturated rings. The Balaban J connectivity index is 1.93. The largest absolute Gasteiger partial charge is 0.337 e. The maximum Gasteiger partial charge on any atom is 0.242 e. The summed E-state index contributed by atoms with van der Waals surface area (Å²) in [4.78, 5) is 27.9. The minimum absolute atomic E-state index is 0.0744. The number of carbonyl (C=O) groups is 2. The molecule has 2 aliphatic heterocycles. The zero-order valence-electron chi connectivity index (χ0n) is 11.6. The molecule has 2 saturated heterocycles. The van der Waals surface area contributed by atoms with E-state index in [9.17, 15) is 9.59 Å². The standard InChI is InChI=1S/C14H25N3O2/c15-10-12-6-3-5-9-17(12)14(19)11-16-8-4-1-2-7-13(16)18/h12H,1-11,15H2. The first kappa shape index (κ1) is 14.3. The van der Waals surface area contributed by atoms with Gasteiger partial charge in [0, 0.05) is 32.1 Å². The second-order valence-corrected chi connectivity index (χ2v) is 5.60. The molecule has 2 rings (SSSR count). The normalized spacial score (nSPS) is 25.3. The van der Waals surface area contributed by atoms with Gasteiger partial charge in [-0.25, -0.2) is 0 Å². The Kier molecular flexibility index (Phi) is 5.19. The van der Waals surface area contributed by atoms with E-state index in [0.717, 1.165) is 51.6 Å². The SMILES string of the molecule is NCC1CCCCN1C(=O)CN1CCCCCC1=O. The molecule has 19 heavy (non-hydrogen) atoms. The van der Waals surface area contributed by atoms with Crippen molar-refractivity contribution in [3.63, 3.8) is 0 Å². The van der Waals surface area contributed by atoms with Crippen LogP contribution in [0.25, 0.3) is 0 Å². The highest BCUT2D eigenvalue weighted by atomic mass is 16.2. The van der Waals surface area contributed by atoms with Crippen LogP contribution in [-0.4, -0.2) is 53.8 Å². The smallest absolute Gasteiger partial charge is 0.242 e. The van der Waals surface area contributed by atoms with Gasteiger partial charge in [0.1, 0.15) is 0 Å². The zero-order chi connectivity index (χ0) is 13.7. The summed E-state index contributed by atoms with van der Waals surface area (Å²) < 4.78 is 0. The number of piperidine rings is 1. The van der Waals surface area contributed by atoms with Crippen molar-refractivity contribution >= 4 is 11.8 Å². The van der Waals surface area contributed by atoms with Gasteiger partial charge >= 0.3 is 0 Å². The van der Waals surface area contributed by atoms with Crippen LogP contribution in [0.15, 0.2) is 0 Å². The van der Waals surface area contributed by atoms with Crippen molar-refractivity contribution < 1.29 is 9.59 Å². The Labute approximate surface area is 115 Å². The summed E-state index contributed by atoms with van der Waals surface area (Å²) >= 11 is 0. The van der Waals surface area contributed by atoms with Gasteiger partial charge in [-0.3, -0.25) is 9.59 Å². The summed E-state index contributed by atoms with van der Waals surface area (Å²) in [5.74, 6) is 0.206. The summed E-state index contributed by atoms with van der Waals surface area (Å²) in [7, 11) is 0. The minimum Gasteiger partial charge on any atom is -0.337 e. The quantitative estimate of drug-likeness (QED) is 0.819. The molecule has 2 amide bonds. The molecule has 0 aromatic carbocycles. The van der Waals surface area contributed by atoms with Crippen molar-refractivity contribution in [2.45, 2.75) is 51.0 Å². The van der Waals surface area contributed by atoms with E-state index in [2.05, 4.69) is 0 Å². The van der Waals surface area contributed by atoms with Crippen LogP contribution in [-0.2, 0) is 9.59 Å². The summed E-state index contributed by atoms with van der Waals surface area (Å²) in [6.45, 7) is 2.30. The average Bonchev–Trinajstić information content (AvgIpc) is 2.64. The van der Waals surface area contributed by atoms with Gasteiger partial charge in [0.05, 0.1) is 6.54 Å². The number of hydrogen-bond donors (Lipinski definition) is 1. The van der Waals surface area contributed by atoms with E-state index in [1.165, 1.54) is 0 Å². The maximum absolute atomic E-state index is 12.4. The van der Waals surface area contributed by atoms with Crippen molar-refractivity contribution in [2.75, 3.05) is 26.2 Å². The van der Waals surface area contributed by atoms with Gasteiger partial charge in [0.15, 0.2) is 0 Å². The highest BCUT2D eigenvalue weighted by molar-refractivity contribution is 5.85. The number of nitrogens with zero attached hydrogens (tertiary/aromatic N) is 2. The van der Waals surface area contributed by atoms with Crippen LogP contribution in [0.1, 0.15) is 44.9 Å². The Morgan fingerprint density at radius 2 is 1.95 bits per heavy atom. The first-order valence-electron chi connectivity index (χ1n) is 7.49. The first-order chi connectivity index (χ1) is 9.22. The van der Waals surface area contributed by atoms with E-state index >= 15 is 0 Å². The lowest BCUT2D eigenvalue weighted by Gasteiger charge is -2.36. The monoisotopic (exact) mass is 267 g/mol. The van der Waals surface area contributed by atoms with Gasteiger partial charge in [0.25, 0.3) is 0 Å². The van der Waals surface area contributed by atoms with E-state index in [4.69, 9.17) is 5.73 Å². The second kappa shape index (κ2) is 6.89. The molecule has 5 nitrogen and oxygen atoms in total. The Bertz CT molecular complexity index is 333. The third-order valence-electron chi connectivity index (χ3n) is 4.22. The van der Waals surface area contributed by atoms with Crippen LogP contribution in [0.5, 0.6) is 0 Å². The summed E-state index contributed by atoms with van der Waals surface area (Å²) in [6.07, 6.45) is 6.85. The number of amides is 2. The van der Waals surface area contributed by atoms with E-state index in [1.54, 1.807) is 4.90 Å². The van der Waals surface area contributed by atoms with Gasteiger partial charge in [0.2, 0.25) is 11.8 Å². The molecule has 0 bridgehead atoms. The minimum atomic E-state index is 0.0744. The molecule has 0 saturated carbocycles. The topological polar surface area (TPSA) is 66.6 Å². The molecule has 1 unspecified atom stereocenters. The number of hydrogen-bond acceptors (Lipinski definition) is 3. The third-order valence-corrected chi connectivity index (χ3v) is 4.22. The molecule has 0 aromatic rings. The van der Waals surface area contributed by atoms with Gasteiger partial charge in [-0.15, -0.1) is 0 Å². The molecule has 2 aliphatic rings. The maximum atomic E-state index is 12.4. The van der Waals surface area contributed by atoms with Gasteiger partial charge in [-0.1, -0.05) is 6.42 Å². The highest BCUT2D eigenvalue weighted by Gasteiger charge is 2.28. The number of rotatable bonds is 3. The fourth-order valence-corrected chi connectivity index (χ4v) is 3.03. The molecular formula is C14H25N3O2. The van der Waals surface area contributed by atoms with E-state index in [-0.39, 0.29) is 24.4 Å². The Morgan fingerprint density at radius 1 is 1.16 bits per heavy atom. The lowest BCUT2D eigenvalue weighted by Crippen LogP contribution is -2.51. The zero-order valence-corrected chi connectivity index (χ0v) is 11.6. The highest BCUT2D eigenvalue weighted by Crippen LogP contribution is 2.17. The van der Waals surface area contributed by atoms with Crippen molar-refractivity contribution in [1.29, 1.82) is 0 Å². The van der Waals surface area contributed by atoms with Crippen LogP contribution < -0.4 is 5.73 Å². The molecule has 0 radical (unpaired) electrons. The summed E-state index contributed by atoms with van der Waals surface area (Å²) in [5, 5.41) is 0. The molecule has 0 spiro atoms. The number of likely N-dealkylation sites (tertiary alicyclic amines) is 2. The van der Waals surface area contributed by atoms with Crippen LogP contribution in [0.4, 0.5) is 0 Å². The predicted molar refractivity (Wildman–Crippen MR) is 73.5 cm³/mol. The van der Waals surface area contributed by atoms with Crippen molar-refractivity contribution in [3.05, 3.63) is 0 Å². The second-order valence-electron chi connectivity index (χ2n) is 5.60. The van der Waals surface area contributed by atoms with Crippen LogP contribution in [0.2, 0.25) is 0 Å². The lowest BCUT2D eigenvalue weighted by molar-refractivity contribution is -0.142. The van der Waals surface area contributed by atoms with Gasteiger partial charge < -0.3 is 15.5 Å². The fraction of sp³-hybridized carbons (Fsp3) is 0.857. The Morgan fingerprint density at radius 3 is 2.74 bits per heavy atom. The molecule has 108 valence electrons. The average molecular weight is 267 g/mol. The van der Waals surface area contributed by atoms with E-state index in [0.29, 0.717) is 13.0 Å². The first-order valence-corrected chi connectivity index (χ1v) is 7.49. The molecule has 2 heterocycles. The fourth-order valence-electron chi connectivity index (χ4n) is 3.03. The summed E-state index contributed by atoms with van der Waals surface area (Å²) in [5.41, 5.74) is 5.74. The lowest BCUT2D eigenvalue weighted by atomic mass is 10.0. The van der Waals surface area contributed by atoms with Crippen LogP contribution >= 0.6 is 0 Å². The van der Waals surface area contributed by atoms with Crippen molar-refractivity contribution in [2.24, 2.45) is 5.73 Å². The van der Waals surface area contributed by atoms with Crippen LogP contribution in [0, 0.1) is 0 Å². The molecular weight excluding hydrogens is 242 g/mol. The van der Waals surface area contributed by atoms with Crippen molar-refractivity contribution in [1.82, 2.24) is 9.80 Å². The van der Waals surface area contributed by atoms with Gasteiger partial charge in [-0.2, -0.15) is 0 Å². The van der Waals surface area contributed by atoms with E-state index < -0.39 is 0 Å². The molecule has 0 aromatic heterocycles. The molecule has 0 aliphatic carbocycles. The predicted octanol–water partition coefficient (Wildman–Crippen LogP) is 0.729. The van der Waals surface area contributed by atoms with Gasteiger partial charge in [-0.05, 0) is 32.1 Å². The molecule has 1 atom stereocenters. The molecule has 5 heteroatoms. The third kappa shape index (κ3) is 3.69. The van der Waals surface area contributed by atoms with E-state index in [1.807, 2.05) is 4.90 Å². The summed E-state index contributed by atoms with van der Waals surface area (Å²) in [6, 6.07) is 0.170. The number of nitrogens with two attached hydrogens (primary N) is 1. The molecule has 2 N–H and O–H groups in total. The number of carbonyl (C=O) groups excluding carboxylic acids is 2. The van der Waals surface area contributed by atoms with Crippen LogP contribution in [0.3, 0.4) is 0 Å².